The monoisotopic (exact) mass is 254 g/mol. The van der Waals surface area contributed by atoms with Crippen molar-refractivity contribution in [2.24, 2.45) is 5.41 Å². The second kappa shape index (κ2) is 7.13. The molecule has 106 valence electrons. The van der Waals surface area contributed by atoms with Crippen LogP contribution in [-0.2, 0) is 4.79 Å². The molecule has 18 heavy (non-hydrogen) atoms. The Kier molecular flexibility index (Phi) is 6.13. The molecule has 0 saturated heterocycles. The lowest BCUT2D eigenvalue weighted by Crippen LogP contribution is -2.48. The highest BCUT2D eigenvalue weighted by Gasteiger charge is 2.32. The van der Waals surface area contributed by atoms with Gasteiger partial charge in [-0.15, -0.1) is 0 Å². The third-order valence-corrected chi connectivity index (χ3v) is 4.59. The highest BCUT2D eigenvalue weighted by molar-refractivity contribution is 5.81. The Bertz CT molecular complexity index is 259. The Labute approximate surface area is 112 Å². The van der Waals surface area contributed by atoms with Gasteiger partial charge in [-0.3, -0.25) is 4.79 Å². The van der Waals surface area contributed by atoms with Crippen LogP contribution in [0.2, 0.25) is 0 Å². The van der Waals surface area contributed by atoms with Gasteiger partial charge in [0.1, 0.15) is 0 Å². The smallest absolute Gasteiger partial charge is 0.237 e. The summed E-state index contributed by atoms with van der Waals surface area (Å²) in [5.41, 5.74) is 0.449. The predicted molar refractivity (Wildman–Crippen MR) is 76.6 cm³/mol. The predicted octanol–water partition coefficient (Wildman–Crippen LogP) is 2.85. The summed E-state index contributed by atoms with van der Waals surface area (Å²) in [6.07, 6.45) is 7.54. The number of carbonyl (C=O) groups excluding carboxylic acids is 1. The summed E-state index contributed by atoms with van der Waals surface area (Å²) in [5.74, 6) is 0.133. The van der Waals surface area contributed by atoms with E-state index in [-0.39, 0.29) is 18.0 Å². The molecule has 2 N–H and O–H groups in total. The topological polar surface area (TPSA) is 41.1 Å². The van der Waals surface area contributed by atoms with Crippen molar-refractivity contribution >= 4 is 5.91 Å². The van der Waals surface area contributed by atoms with Gasteiger partial charge in [0.15, 0.2) is 0 Å². The van der Waals surface area contributed by atoms with Crippen LogP contribution >= 0.6 is 0 Å². The van der Waals surface area contributed by atoms with Crippen LogP contribution < -0.4 is 10.6 Å². The summed E-state index contributed by atoms with van der Waals surface area (Å²) >= 11 is 0. The molecular weight excluding hydrogens is 224 g/mol. The van der Waals surface area contributed by atoms with Crippen LogP contribution in [0.5, 0.6) is 0 Å². The highest BCUT2D eigenvalue weighted by atomic mass is 16.2. The number of carbonyl (C=O) groups is 1. The number of rotatable bonds is 7. The normalized spacial score (nSPS) is 21.6. The molecule has 0 aliphatic heterocycles. The largest absolute Gasteiger partial charge is 0.352 e. The van der Waals surface area contributed by atoms with Gasteiger partial charge in [0.05, 0.1) is 6.04 Å². The van der Waals surface area contributed by atoms with Crippen molar-refractivity contribution in [2.75, 3.05) is 6.54 Å². The van der Waals surface area contributed by atoms with E-state index < -0.39 is 0 Å². The van der Waals surface area contributed by atoms with Crippen molar-refractivity contribution in [3.8, 4) is 0 Å². The molecule has 0 heterocycles. The van der Waals surface area contributed by atoms with Gasteiger partial charge in [-0.05, 0) is 44.9 Å². The molecule has 0 aromatic carbocycles. The van der Waals surface area contributed by atoms with Crippen LogP contribution in [0.25, 0.3) is 0 Å². The second-order valence-corrected chi connectivity index (χ2v) is 5.98. The van der Waals surface area contributed by atoms with Crippen LogP contribution in [0.1, 0.15) is 66.2 Å². The van der Waals surface area contributed by atoms with Crippen molar-refractivity contribution in [3.63, 3.8) is 0 Å². The maximum absolute atomic E-state index is 11.9. The first kappa shape index (κ1) is 15.5. The summed E-state index contributed by atoms with van der Waals surface area (Å²) < 4.78 is 0. The van der Waals surface area contributed by atoms with Gasteiger partial charge in [0.2, 0.25) is 5.91 Å². The van der Waals surface area contributed by atoms with E-state index in [1.165, 1.54) is 32.1 Å². The molecule has 3 heteroatoms. The number of hydrogen-bond donors (Lipinski definition) is 2. The van der Waals surface area contributed by atoms with E-state index in [1.807, 2.05) is 6.92 Å². The molecule has 1 aliphatic rings. The summed E-state index contributed by atoms with van der Waals surface area (Å²) in [4.78, 5) is 11.9. The zero-order valence-corrected chi connectivity index (χ0v) is 12.5. The number of amides is 1. The lowest BCUT2D eigenvalue weighted by Gasteiger charge is -2.29. The first-order valence-corrected chi connectivity index (χ1v) is 7.57. The summed E-state index contributed by atoms with van der Waals surface area (Å²) in [7, 11) is 0. The lowest BCUT2D eigenvalue weighted by molar-refractivity contribution is -0.123. The minimum atomic E-state index is -0.0805. The molecule has 3 nitrogen and oxygen atoms in total. The molecule has 0 bridgehead atoms. The first-order valence-electron chi connectivity index (χ1n) is 7.57. The fourth-order valence-electron chi connectivity index (χ4n) is 2.71. The SMILES string of the molecule is CCC(C)NC(=O)C(C)NCC1(CC)CCCC1. The zero-order valence-electron chi connectivity index (χ0n) is 12.5. The van der Waals surface area contributed by atoms with Crippen LogP contribution in [0, 0.1) is 5.41 Å². The van der Waals surface area contributed by atoms with Gasteiger partial charge in [0.25, 0.3) is 0 Å². The number of nitrogens with one attached hydrogen (secondary N) is 2. The van der Waals surface area contributed by atoms with Gasteiger partial charge < -0.3 is 10.6 Å². The zero-order chi connectivity index (χ0) is 13.6. The second-order valence-electron chi connectivity index (χ2n) is 5.98. The van der Waals surface area contributed by atoms with E-state index in [9.17, 15) is 4.79 Å². The minimum absolute atomic E-state index is 0.0805. The van der Waals surface area contributed by atoms with E-state index in [2.05, 4.69) is 31.4 Å². The van der Waals surface area contributed by atoms with Gasteiger partial charge >= 0.3 is 0 Å². The van der Waals surface area contributed by atoms with Gasteiger partial charge in [-0.2, -0.15) is 0 Å². The molecule has 1 aliphatic carbocycles. The Hall–Kier alpha value is -0.570. The van der Waals surface area contributed by atoms with Crippen molar-refractivity contribution in [1.82, 2.24) is 10.6 Å². The Morgan fingerprint density at radius 1 is 1.22 bits per heavy atom. The van der Waals surface area contributed by atoms with Crippen molar-refractivity contribution in [2.45, 2.75) is 78.3 Å². The Balaban J connectivity index is 2.35. The molecule has 2 unspecified atom stereocenters. The van der Waals surface area contributed by atoms with Gasteiger partial charge in [-0.25, -0.2) is 0 Å². The summed E-state index contributed by atoms with van der Waals surface area (Å²) in [6, 6.07) is 0.191. The highest BCUT2D eigenvalue weighted by Crippen LogP contribution is 2.40. The fraction of sp³-hybridized carbons (Fsp3) is 0.933. The average Bonchev–Trinajstić information content (AvgIpc) is 2.85. The fourth-order valence-corrected chi connectivity index (χ4v) is 2.71. The van der Waals surface area contributed by atoms with Crippen LogP contribution in [-0.4, -0.2) is 24.5 Å². The van der Waals surface area contributed by atoms with Crippen LogP contribution in [0.15, 0.2) is 0 Å². The molecule has 1 amide bonds. The molecule has 1 saturated carbocycles. The lowest BCUT2D eigenvalue weighted by atomic mass is 9.83. The van der Waals surface area contributed by atoms with E-state index in [4.69, 9.17) is 0 Å². The van der Waals surface area contributed by atoms with E-state index in [0.717, 1.165) is 13.0 Å². The van der Waals surface area contributed by atoms with Crippen molar-refractivity contribution in [1.29, 1.82) is 0 Å². The number of hydrogen-bond acceptors (Lipinski definition) is 2. The van der Waals surface area contributed by atoms with Crippen molar-refractivity contribution in [3.05, 3.63) is 0 Å². The van der Waals surface area contributed by atoms with E-state index in [0.29, 0.717) is 5.41 Å². The molecule has 2 atom stereocenters. The Morgan fingerprint density at radius 2 is 1.83 bits per heavy atom. The standard InChI is InChI=1S/C15H30N2O/c1-5-12(3)17-14(18)13(4)16-11-15(6-2)9-7-8-10-15/h12-13,16H,5-11H2,1-4H3,(H,17,18). The average molecular weight is 254 g/mol. The van der Waals surface area contributed by atoms with E-state index in [1.54, 1.807) is 0 Å². The maximum Gasteiger partial charge on any atom is 0.237 e. The van der Waals surface area contributed by atoms with E-state index >= 15 is 0 Å². The van der Waals surface area contributed by atoms with Crippen LogP contribution in [0.4, 0.5) is 0 Å². The molecule has 1 fully saturated rings. The molecule has 0 radical (unpaired) electrons. The quantitative estimate of drug-likeness (QED) is 0.733. The minimum Gasteiger partial charge on any atom is -0.352 e. The maximum atomic E-state index is 11.9. The third kappa shape index (κ3) is 4.27. The van der Waals surface area contributed by atoms with Gasteiger partial charge in [-0.1, -0.05) is 26.7 Å². The van der Waals surface area contributed by atoms with Gasteiger partial charge in [0, 0.05) is 12.6 Å². The van der Waals surface area contributed by atoms with Crippen LogP contribution in [0.3, 0.4) is 0 Å². The molecule has 0 spiro atoms. The molecule has 0 aromatic heterocycles. The molecule has 1 rings (SSSR count). The molecular formula is C15H30N2O. The van der Waals surface area contributed by atoms with Crippen molar-refractivity contribution < 1.29 is 4.79 Å². The third-order valence-electron chi connectivity index (χ3n) is 4.59. The molecule has 0 aromatic rings. The summed E-state index contributed by atoms with van der Waals surface area (Å²) in [6.45, 7) is 9.37. The summed E-state index contributed by atoms with van der Waals surface area (Å²) in [5, 5.41) is 6.47. The Morgan fingerprint density at radius 3 is 2.33 bits per heavy atom. The first-order chi connectivity index (χ1) is 8.53.